The van der Waals surface area contributed by atoms with Gasteiger partial charge in [0.25, 0.3) is 0 Å². The number of hydrogen-bond acceptors (Lipinski definition) is 5. The van der Waals surface area contributed by atoms with E-state index in [2.05, 4.69) is 20.1 Å². The molecule has 5 heterocycles. The maximum absolute atomic E-state index is 12.1. The molecule has 0 aromatic carbocycles. The molecule has 8 heteroatoms. The maximum Gasteiger partial charge on any atom is 0.244 e. The molecule has 5 rings (SSSR count). The molecule has 0 saturated heterocycles. The average Bonchev–Trinajstić information content (AvgIpc) is 3.48. The summed E-state index contributed by atoms with van der Waals surface area (Å²) in [6, 6.07) is 9.96. The van der Waals surface area contributed by atoms with Crippen LogP contribution < -0.4 is 5.32 Å². The van der Waals surface area contributed by atoms with Crippen LogP contribution in [-0.2, 0) is 17.8 Å². The summed E-state index contributed by atoms with van der Waals surface area (Å²) in [6.07, 6.45) is 6.87. The van der Waals surface area contributed by atoms with Gasteiger partial charge in [-0.3, -0.25) is 14.5 Å². The van der Waals surface area contributed by atoms with Gasteiger partial charge in [0.2, 0.25) is 5.91 Å². The zero-order valence-corrected chi connectivity index (χ0v) is 17.5. The summed E-state index contributed by atoms with van der Waals surface area (Å²) in [5, 5.41) is 12.1. The van der Waals surface area contributed by atoms with E-state index in [1.807, 2.05) is 44.2 Å². The summed E-state index contributed by atoms with van der Waals surface area (Å²) in [4.78, 5) is 21.2. The zero-order chi connectivity index (χ0) is 21.4. The van der Waals surface area contributed by atoms with E-state index >= 15 is 0 Å². The first-order valence-electron chi connectivity index (χ1n) is 10.5. The van der Waals surface area contributed by atoms with Crippen LogP contribution in [0.2, 0.25) is 0 Å². The van der Waals surface area contributed by atoms with E-state index < -0.39 is 0 Å². The standard InChI is InChI=1S/C23H23N7O/c1-3-24-21(31)12-10-18-16(9-11-20-25-14-26-30(18)20)22-19-8-5-13-29(19)28-23(22)17-7-4-6-15(2)27-17/h4,6-7,9-12,14H,3,5,8,13H2,1-2H3,(H,24,31)/b12-10+. The number of amides is 1. The zero-order valence-electron chi connectivity index (χ0n) is 17.5. The Kier molecular flexibility index (Phi) is 4.82. The van der Waals surface area contributed by atoms with Gasteiger partial charge in [-0.2, -0.15) is 10.2 Å². The van der Waals surface area contributed by atoms with E-state index in [0.717, 1.165) is 58.9 Å². The summed E-state index contributed by atoms with van der Waals surface area (Å²) in [5.41, 5.74) is 7.34. The topological polar surface area (TPSA) is 90.0 Å². The molecule has 0 fully saturated rings. The van der Waals surface area contributed by atoms with Crippen LogP contribution in [0.4, 0.5) is 0 Å². The number of carbonyl (C=O) groups is 1. The Morgan fingerprint density at radius 3 is 3.00 bits per heavy atom. The molecule has 156 valence electrons. The van der Waals surface area contributed by atoms with Gasteiger partial charge < -0.3 is 5.32 Å². The highest BCUT2D eigenvalue weighted by Crippen LogP contribution is 2.39. The van der Waals surface area contributed by atoms with Crippen molar-refractivity contribution in [3.05, 3.63) is 59.8 Å². The summed E-state index contributed by atoms with van der Waals surface area (Å²) in [5.74, 6) is -0.147. The number of likely N-dealkylation sites (N-methyl/N-ethyl adjacent to an activating group) is 1. The lowest BCUT2D eigenvalue weighted by Crippen LogP contribution is -2.19. The molecule has 4 aromatic rings. The van der Waals surface area contributed by atoms with Crippen molar-refractivity contribution in [2.45, 2.75) is 33.2 Å². The first-order valence-corrected chi connectivity index (χ1v) is 10.5. The largest absolute Gasteiger partial charge is 0.353 e. The van der Waals surface area contributed by atoms with Crippen LogP contribution in [0.15, 0.2) is 42.7 Å². The normalized spacial score (nSPS) is 13.2. The van der Waals surface area contributed by atoms with Crippen molar-refractivity contribution in [2.24, 2.45) is 0 Å². The molecular weight excluding hydrogens is 390 g/mol. The molecular formula is C23H23N7O. The third-order valence-corrected chi connectivity index (χ3v) is 5.46. The number of aromatic nitrogens is 6. The quantitative estimate of drug-likeness (QED) is 0.508. The summed E-state index contributed by atoms with van der Waals surface area (Å²) in [6.45, 7) is 5.34. The van der Waals surface area contributed by atoms with E-state index in [9.17, 15) is 4.79 Å². The second kappa shape index (κ2) is 7.79. The van der Waals surface area contributed by atoms with Crippen molar-refractivity contribution < 1.29 is 4.79 Å². The number of nitrogens with one attached hydrogen (secondary N) is 1. The third-order valence-electron chi connectivity index (χ3n) is 5.46. The lowest BCUT2D eigenvalue weighted by atomic mass is 9.98. The molecule has 8 nitrogen and oxygen atoms in total. The smallest absolute Gasteiger partial charge is 0.244 e. The Morgan fingerprint density at radius 2 is 2.16 bits per heavy atom. The SMILES string of the molecule is CCNC(=O)/C=C/c1c(-c2c(-c3cccc(C)n3)nn3c2CCC3)ccc2ncnn12. The van der Waals surface area contributed by atoms with Crippen LogP contribution in [0.25, 0.3) is 34.2 Å². The predicted molar refractivity (Wildman–Crippen MR) is 118 cm³/mol. The Balaban J connectivity index is 1.75. The summed E-state index contributed by atoms with van der Waals surface area (Å²) < 4.78 is 3.84. The van der Waals surface area contributed by atoms with Crippen molar-refractivity contribution in [1.29, 1.82) is 0 Å². The minimum absolute atomic E-state index is 0.147. The van der Waals surface area contributed by atoms with Crippen molar-refractivity contribution in [1.82, 2.24) is 34.7 Å². The van der Waals surface area contributed by atoms with Crippen LogP contribution in [0, 0.1) is 6.92 Å². The first kappa shape index (κ1) is 19.2. The number of fused-ring (bicyclic) bond motifs is 2. The van der Waals surface area contributed by atoms with Crippen LogP contribution in [0.3, 0.4) is 0 Å². The van der Waals surface area contributed by atoms with Crippen molar-refractivity contribution in [3.63, 3.8) is 0 Å². The number of aryl methyl sites for hydroxylation is 2. The second-order valence-corrected chi connectivity index (χ2v) is 7.55. The van der Waals surface area contributed by atoms with Gasteiger partial charge in [-0.1, -0.05) is 6.07 Å². The van der Waals surface area contributed by atoms with Gasteiger partial charge in [-0.15, -0.1) is 0 Å². The molecule has 0 spiro atoms. The van der Waals surface area contributed by atoms with Gasteiger partial charge in [0.15, 0.2) is 5.65 Å². The monoisotopic (exact) mass is 413 g/mol. The molecule has 0 atom stereocenters. The maximum atomic E-state index is 12.1. The average molecular weight is 413 g/mol. The Labute approximate surface area is 179 Å². The highest BCUT2D eigenvalue weighted by Gasteiger charge is 2.26. The molecule has 1 aliphatic heterocycles. The molecule has 31 heavy (non-hydrogen) atoms. The minimum atomic E-state index is -0.147. The van der Waals surface area contributed by atoms with E-state index in [-0.39, 0.29) is 5.91 Å². The molecule has 0 unspecified atom stereocenters. The van der Waals surface area contributed by atoms with Crippen LogP contribution >= 0.6 is 0 Å². The van der Waals surface area contributed by atoms with E-state index in [4.69, 9.17) is 10.1 Å². The lowest BCUT2D eigenvalue weighted by molar-refractivity contribution is -0.116. The molecule has 0 aliphatic carbocycles. The van der Waals surface area contributed by atoms with Gasteiger partial charge >= 0.3 is 0 Å². The highest BCUT2D eigenvalue weighted by atomic mass is 16.1. The van der Waals surface area contributed by atoms with Crippen molar-refractivity contribution >= 4 is 17.6 Å². The summed E-state index contributed by atoms with van der Waals surface area (Å²) >= 11 is 0. The molecule has 0 saturated carbocycles. The van der Waals surface area contributed by atoms with Gasteiger partial charge in [0, 0.05) is 41.7 Å². The van der Waals surface area contributed by atoms with Crippen LogP contribution in [0.5, 0.6) is 0 Å². The molecule has 0 radical (unpaired) electrons. The van der Waals surface area contributed by atoms with Crippen molar-refractivity contribution in [2.75, 3.05) is 6.54 Å². The summed E-state index contributed by atoms with van der Waals surface area (Å²) in [7, 11) is 0. The molecule has 1 N–H and O–H groups in total. The second-order valence-electron chi connectivity index (χ2n) is 7.55. The van der Waals surface area contributed by atoms with Gasteiger partial charge in [-0.25, -0.2) is 9.50 Å². The van der Waals surface area contributed by atoms with E-state index in [1.165, 1.54) is 18.1 Å². The number of carbonyl (C=O) groups excluding carboxylic acids is 1. The minimum Gasteiger partial charge on any atom is -0.353 e. The highest BCUT2D eigenvalue weighted by molar-refractivity contribution is 5.94. The molecule has 1 aliphatic rings. The molecule has 0 bridgehead atoms. The lowest BCUT2D eigenvalue weighted by Gasteiger charge is -2.11. The molecule has 1 amide bonds. The third kappa shape index (κ3) is 3.39. The van der Waals surface area contributed by atoms with Gasteiger partial charge in [-0.05, 0) is 57.0 Å². The fourth-order valence-corrected chi connectivity index (χ4v) is 4.14. The predicted octanol–water partition coefficient (Wildman–Crippen LogP) is 3.06. The van der Waals surface area contributed by atoms with E-state index in [1.54, 1.807) is 10.6 Å². The number of pyridine rings is 2. The van der Waals surface area contributed by atoms with Crippen LogP contribution in [0.1, 0.15) is 30.4 Å². The van der Waals surface area contributed by atoms with E-state index in [0.29, 0.717) is 6.54 Å². The number of rotatable bonds is 5. The Bertz CT molecular complexity index is 1310. The number of hydrogen-bond donors (Lipinski definition) is 1. The number of nitrogens with zero attached hydrogens (tertiary/aromatic N) is 6. The Morgan fingerprint density at radius 1 is 1.26 bits per heavy atom. The van der Waals surface area contributed by atoms with Crippen LogP contribution in [-0.4, -0.2) is 41.8 Å². The fourth-order valence-electron chi connectivity index (χ4n) is 4.14. The first-order chi connectivity index (χ1) is 15.2. The van der Waals surface area contributed by atoms with Gasteiger partial charge in [0.1, 0.15) is 12.0 Å². The van der Waals surface area contributed by atoms with Crippen molar-refractivity contribution in [3.8, 4) is 22.5 Å². The fraction of sp³-hybridized carbons (Fsp3) is 0.261. The molecule has 4 aromatic heterocycles. The van der Waals surface area contributed by atoms with Gasteiger partial charge in [0.05, 0.1) is 11.4 Å². The Hall–Kier alpha value is -3.81.